The van der Waals surface area contributed by atoms with E-state index >= 15 is 0 Å². The lowest BCUT2D eigenvalue weighted by molar-refractivity contribution is -0.138. The maximum atomic E-state index is 15.0. The Bertz CT molecular complexity index is 1770. The molecule has 1 atom stereocenters. The number of pyridine rings is 1. The van der Waals surface area contributed by atoms with Crippen LogP contribution in [0.1, 0.15) is 52.5 Å². The summed E-state index contributed by atoms with van der Waals surface area (Å²) in [5.74, 6) is -1.10. The second-order valence-corrected chi connectivity index (χ2v) is 11.3. The molecule has 4 heterocycles. The maximum absolute atomic E-state index is 15.0. The van der Waals surface area contributed by atoms with Gasteiger partial charge in [-0.25, -0.2) is 9.18 Å². The monoisotopic (exact) mass is 609 g/mol. The number of hydrogen-bond donors (Lipinski definition) is 1. The first kappa shape index (κ1) is 29.9. The number of hydrogen-bond acceptors (Lipinski definition) is 6. The van der Waals surface area contributed by atoms with Gasteiger partial charge in [-0.3, -0.25) is 23.8 Å². The van der Waals surface area contributed by atoms with Crippen LogP contribution in [0, 0.1) is 5.82 Å². The average molecular weight is 610 g/mol. The second kappa shape index (κ2) is 11.8. The maximum Gasteiger partial charge on any atom is 0.416 e. The van der Waals surface area contributed by atoms with Gasteiger partial charge < -0.3 is 10.5 Å². The number of benzene rings is 2. The van der Waals surface area contributed by atoms with Crippen molar-refractivity contribution < 1.29 is 22.3 Å². The molecule has 0 aliphatic carbocycles. The van der Waals surface area contributed by atoms with Gasteiger partial charge in [0.15, 0.2) is 0 Å². The number of halogens is 4. The zero-order valence-electron chi connectivity index (χ0n) is 23.8. The Kier molecular flexibility index (Phi) is 7.99. The zero-order valence-corrected chi connectivity index (χ0v) is 23.8. The van der Waals surface area contributed by atoms with E-state index in [4.69, 9.17) is 10.5 Å². The fourth-order valence-corrected chi connectivity index (χ4v) is 6.28. The van der Waals surface area contributed by atoms with Crippen molar-refractivity contribution in [2.45, 2.75) is 56.9 Å². The van der Waals surface area contributed by atoms with Crippen LogP contribution in [0.5, 0.6) is 0 Å². The molecule has 6 rings (SSSR count). The number of rotatable bonds is 7. The highest BCUT2D eigenvalue weighted by Gasteiger charge is 2.47. The Morgan fingerprint density at radius 2 is 1.66 bits per heavy atom. The Balaban J connectivity index is 1.43. The first-order chi connectivity index (χ1) is 21.1. The fourth-order valence-electron chi connectivity index (χ4n) is 6.28. The Hall–Kier alpha value is -4.13. The molecular formula is C32H31F4N5O3. The molecule has 1 saturated heterocycles. The topological polar surface area (TPSA) is 95.4 Å². The minimum absolute atomic E-state index is 0.165. The number of nitrogens with zero attached hydrogens (tertiary/aromatic N) is 4. The molecule has 12 heteroatoms. The summed E-state index contributed by atoms with van der Waals surface area (Å²) < 4.78 is 65.1. The molecule has 2 aliphatic rings. The molecule has 1 spiro atoms. The molecule has 8 nitrogen and oxygen atoms in total. The third-order valence-corrected chi connectivity index (χ3v) is 8.60. The molecule has 0 unspecified atom stereocenters. The van der Waals surface area contributed by atoms with Crippen molar-refractivity contribution in [2.75, 3.05) is 13.1 Å². The van der Waals surface area contributed by atoms with Gasteiger partial charge in [0, 0.05) is 37.4 Å². The third kappa shape index (κ3) is 5.60. The van der Waals surface area contributed by atoms with Gasteiger partial charge in [0.1, 0.15) is 11.4 Å². The Labute approximate surface area is 250 Å². The van der Waals surface area contributed by atoms with Crippen LogP contribution in [-0.4, -0.2) is 32.1 Å². The van der Waals surface area contributed by atoms with E-state index in [-0.39, 0.29) is 24.4 Å². The van der Waals surface area contributed by atoms with E-state index < -0.39 is 52.6 Å². The summed E-state index contributed by atoms with van der Waals surface area (Å²) in [5.41, 5.74) is 3.99. The zero-order chi connectivity index (χ0) is 31.1. The predicted molar refractivity (Wildman–Crippen MR) is 154 cm³/mol. The molecule has 0 radical (unpaired) electrons. The van der Waals surface area contributed by atoms with Crippen molar-refractivity contribution in [2.24, 2.45) is 5.73 Å². The molecule has 2 aromatic heterocycles. The Morgan fingerprint density at radius 1 is 0.932 bits per heavy atom. The average Bonchev–Trinajstić information content (AvgIpc) is 3.38. The van der Waals surface area contributed by atoms with Crippen LogP contribution in [-0.2, 0) is 42.8 Å². The molecule has 2 N–H and O–H groups in total. The first-order valence-electron chi connectivity index (χ1n) is 14.4. The van der Waals surface area contributed by atoms with E-state index in [0.717, 1.165) is 33.0 Å². The molecule has 2 aromatic carbocycles. The normalized spacial score (nSPS) is 17.1. The minimum Gasteiger partial charge on any atom is -0.364 e. The van der Waals surface area contributed by atoms with Crippen molar-refractivity contribution in [1.82, 2.24) is 19.0 Å². The van der Waals surface area contributed by atoms with Gasteiger partial charge in [-0.1, -0.05) is 42.5 Å². The van der Waals surface area contributed by atoms with Crippen molar-refractivity contribution in [3.63, 3.8) is 0 Å². The summed E-state index contributed by atoms with van der Waals surface area (Å²) in [4.78, 5) is 34.6. The molecule has 0 amide bonds. The van der Waals surface area contributed by atoms with Crippen molar-refractivity contribution in [3.05, 3.63) is 133 Å². The Morgan fingerprint density at radius 3 is 2.34 bits per heavy atom. The number of likely N-dealkylation sites (tertiary alicyclic amines) is 1. The van der Waals surface area contributed by atoms with Gasteiger partial charge in [-0.2, -0.15) is 13.2 Å². The van der Waals surface area contributed by atoms with Gasteiger partial charge in [-0.05, 0) is 42.7 Å². The van der Waals surface area contributed by atoms with Crippen LogP contribution in [0.25, 0.3) is 0 Å². The number of piperidine rings is 1. The number of aromatic nitrogens is 3. The summed E-state index contributed by atoms with van der Waals surface area (Å²) >= 11 is 0. The van der Waals surface area contributed by atoms with E-state index in [0.29, 0.717) is 38.0 Å². The van der Waals surface area contributed by atoms with E-state index in [1.165, 1.54) is 0 Å². The predicted octanol–water partition coefficient (Wildman–Crippen LogP) is 4.33. The fraction of sp³-hybridized carbons (Fsp3) is 0.344. The largest absolute Gasteiger partial charge is 0.416 e. The quantitative estimate of drug-likeness (QED) is 0.314. The minimum atomic E-state index is -4.85. The van der Waals surface area contributed by atoms with Gasteiger partial charge in [0.2, 0.25) is 0 Å². The van der Waals surface area contributed by atoms with Crippen LogP contribution in [0.4, 0.5) is 17.6 Å². The third-order valence-electron chi connectivity index (χ3n) is 8.60. The molecule has 44 heavy (non-hydrogen) atoms. The van der Waals surface area contributed by atoms with E-state index in [1.54, 1.807) is 36.5 Å². The molecule has 2 aliphatic heterocycles. The second-order valence-electron chi connectivity index (χ2n) is 11.3. The highest BCUT2D eigenvalue weighted by atomic mass is 19.4. The van der Waals surface area contributed by atoms with E-state index in [1.807, 2.05) is 18.2 Å². The van der Waals surface area contributed by atoms with Crippen LogP contribution in [0.2, 0.25) is 0 Å². The SMILES string of the molecule is N[C@@H](Cn1c(=O)c2c(n(Cc3c(F)cccc3C(F)(F)F)c1=O)COC21CCN(Cc2ccccn2)CC1)c1ccccc1. The molecule has 0 saturated carbocycles. The van der Waals surface area contributed by atoms with Gasteiger partial charge in [0.25, 0.3) is 5.56 Å². The standard InChI is InChI=1S/C32H31F4N5O3/c33-25-11-6-10-24(32(34,35)36)23(25)18-40-27-20-44-31(12-15-39(16-13-31)17-22-9-4-5-14-38-22)28(27)29(42)41(30(40)43)19-26(37)21-7-2-1-3-8-21/h1-11,14,26H,12-13,15-20,37H2/t26-/m0/s1. The van der Waals surface area contributed by atoms with Crippen molar-refractivity contribution >= 4 is 0 Å². The van der Waals surface area contributed by atoms with Crippen LogP contribution in [0.3, 0.4) is 0 Å². The van der Waals surface area contributed by atoms with E-state index in [9.17, 15) is 27.2 Å². The summed E-state index contributed by atoms with van der Waals surface area (Å²) in [7, 11) is 0. The smallest absolute Gasteiger partial charge is 0.364 e. The lowest BCUT2D eigenvalue weighted by Gasteiger charge is -2.38. The first-order valence-corrected chi connectivity index (χ1v) is 14.4. The molecule has 4 aromatic rings. The highest BCUT2D eigenvalue weighted by Crippen LogP contribution is 2.43. The molecule has 1 fully saturated rings. The summed E-state index contributed by atoms with van der Waals surface area (Å²) in [6.07, 6.45) is -2.30. The van der Waals surface area contributed by atoms with Crippen LogP contribution >= 0.6 is 0 Å². The van der Waals surface area contributed by atoms with Crippen LogP contribution in [0.15, 0.2) is 82.5 Å². The molecule has 0 bridgehead atoms. The van der Waals surface area contributed by atoms with E-state index in [2.05, 4.69) is 9.88 Å². The number of alkyl halides is 3. The lowest BCUT2D eigenvalue weighted by atomic mass is 9.85. The molecule has 230 valence electrons. The van der Waals surface area contributed by atoms with Gasteiger partial charge in [-0.15, -0.1) is 0 Å². The van der Waals surface area contributed by atoms with Gasteiger partial charge >= 0.3 is 11.9 Å². The van der Waals surface area contributed by atoms with Crippen molar-refractivity contribution in [1.29, 1.82) is 0 Å². The van der Waals surface area contributed by atoms with Crippen molar-refractivity contribution in [3.8, 4) is 0 Å². The van der Waals surface area contributed by atoms with Crippen LogP contribution < -0.4 is 17.0 Å². The lowest BCUT2D eigenvalue weighted by Crippen LogP contribution is -2.49. The number of fused-ring (bicyclic) bond motifs is 2. The summed E-state index contributed by atoms with van der Waals surface area (Å²) in [5, 5.41) is 0. The number of ether oxygens (including phenoxy) is 1. The summed E-state index contributed by atoms with van der Waals surface area (Å²) in [6.45, 7) is 0.608. The highest BCUT2D eigenvalue weighted by molar-refractivity contribution is 5.35. The van der Waals surface area contributed by atoms with Gasteiger partial charge in [0.05, 0.1) is 42.2 Å². The number of nitrogens with two attached hydrogens (primary N) is 1. The molecular weight excluding hydrogens is 578 g/mol. The summed E-state index contributed by atoms with van der Waals surface area (Å²) in [6, 6.07) is 16.5.